The van der Waals surface area contributed by atoms with Crippen LogP contribution in [0.4, 0.5) is 0 Å². The molecule has 4 heteroatoms. The van der Waals surface area contributed by atoms with Gasteiger partial charge in [0.1, 0.15) is 10.9 Å². The molecule has 20 heavy (non-hydrogen) atoms. The molecule has 0 aliphatic carbocycles. The second-order valence-electron chi connectivity index (χ2n) is 5.09. The minimum atomic E-state index is 0.241. The Morgan fingerprint density at radius 1 is 0.950 bits per heavy atom. The monoisotopic (exact) mass is 283 g/mol. The third-order valence-electron chi connectivity index (χ3n) is 3.19. The van der Waals surface area contributed by atoms with E-state index in [-0.39, 0.29) is 5.37 Å². The summed E-state index contributed by atoms with van der Waals surface area (Å²) in [5.74, 6) is 0.463. The van der Waals surface area contributed by atoms with Crippen LogP contribution in [0.3, 0.4) is 0 Å². The largest absolute Gasteiger partial charge is 0.231 e. The predicted molar refractivity (Wildman–Crippen MR) is 83.7 cm³/mol. The first-order valence-electron chi connectivity index (χ1n) is 6.77. The lowest BCUT2D eigenvalue weighted by Gasteiger charge is -2.21. The van der Waals surface area contributed by atoms with E-state index in [0.717, 1.165) is 11.0 Å². The average Bonchev–Trinajstić information content (AvgIpc) is 2.89. The van der Waals surface area contributed by atoms with Crippen molar-refractivity contribution in [1.82, 2.24) is 15.0 Å². The number of benzene rings is 2. The van der Waals surface area contributed by atoms with E-state index >= 15 is 0 Å². The maximum absolute atomic E-state index is 4.36. The molecule has 0 saturated heterocycles. The molecule has 2 aromatic carbocycles. The third-order valence-corrected chi connectivity index (χ3v) is 4.72. The first kappa shape index (κ1) is 13.2. The molecule has 0 saturated carbocycles. The summed E-state index contributed by atoms with van der Waals surface area (Å²) in [6.45, 7) is 4.44. The van der Waals surface area contributed by atoms with Gasteiger partial charge in [0.05, 0.1) is 5.52 Å². The lowest BCUT2D eigenvalue weighted by Crippen LogP contribution is -2.13. The smallest absolute Gasteiger partial charge is 0.113 e. The van der Waals surface area contributed by atoms with Crippen LogP contribution in [-0.4, -0.2) is 15.0 Å². The summed E-state index contributed by atoms with van der Waals surface area (Å²) in [6, 6.07) is 18.6. The Morgan fingerprint density at radius 3 is 2.40 bits per heavy atom. The molecule has 0 aliphatic heterocycles. The van der Waals surface area contributed by atoms with E-state index in [1.807, 2.05) is 40.7 Å². The van der Waals surface area contributed by atoms with Crippen LogP contribution in [-0.2, 0) is 0 Å². The second kappa shape index (κ2) is 5.67. The molecule has 0 amide bonds. The molecular weight excluding hydrogens is 266 g/mol. The molecule has 0 bridgehead atoms. The van der Waals surface area contributed by atoms with Gasteiger partial charge >= 0.3 is 0 Å². The van der Waals surface area contributed by atoms with Gasteiger partial charge in [-0.1, -0.05) is 61.2 Å². The molecule has 1 heterocycles. The molecule has 0 spiro atoms. The molecule has 1 unspecified atom stereocenters. The number of hydrogen-bond acceptors (Lipinski definition) is 3. The molecule has 1 aromatic heterocycles. The number of para-hydroxylation sites is 1. The van der Waals surface area contributed by atoms with E-state index in [2.05, 4.69) is 54.5 Å². The van der Waals surface area contributed by atoms with E-state index in [9.17, 15) is 0 Å². The second-order valence-corrected chi connectivity index (χ2v) is 6.28. The zero-order valence-corrected chi connectivity index (χ0v) is 12.4. The Balaban J connectivity index is 1.98. The fraction of sp³-hybridized carbons (Fsp3) is 0.250. The van der Waals surface area contributed by atoms with Crippen molar-refractivity contribution in [3.05, 3.63) is 54.6 Å². The van der Waals surface area contributed by atoms with Gasteiger partial charge in [0, 0.05) is 4.90 Å². The summed E-state index contributed by atoms with van der Waals surface area (Å²) in [7, 11) is 0. The van der Waals surface area contributed by atoms with Crippen molar-refractivity contribution in [2.24, 2.45) is 5.92 Å². The Kier molecular flexibility index (Phi) is 3.74. The molecule has 3 rings (SSSR count). The first-order chi connectivity index (χ1) is 9.75. The number of rotatable bonds is 4. The molecule has 102 valence electrons. The van der Waals surface area contributed by atoms with Crippen LogP contribution in [0, 0.1) is 5.92 Å². The lowest BCUT2D eigenvalue weighted by molar-refractivity contribution is 0.468. The highest BCUT2D eigenvalue weighted by atomic mass is 32.2. The van der Waals surface area contributed by atoms with Crippen LogP contribution in [0.2, 0.25) is 0 Å². The van der Waals surface area contributed by atoms with Gasteiger partial charge in [-0.05, 0) is 30.2 Å². The van der Waals surface area contributed by atoms with Gasteiger partial charge in [-0.15, -0.1) is 5.10 Å². The van der Waals surface area contributed by atoms with Gasteiger partial charge in [0.15, 0.2) is 0 Å². The van der Waals surface area contributed by atoms with Crippen LogP contribution in [0.1, 0.15) is 19.2 Å². The van der Waals surface area contributed by atoms with Crippen LogP contribution in [0.25, 0.3) is 11.0 Å². The predicted octanol–water partition coefficient (Wildman–Crippen LogP) is 4.38. The zero-order valence-electron chi connectivity index (χ0n) is 11.6. The van der Waals surface area contributed by atoms with E-state index < -0.39 is 0 Å². The maximum Gasteiger partial charge on any atom is 0.113 e. The van der Waals surface area contributed by atoms with Crippen molar-refractivity contribution < 1.29 is 0 Å². The molecule has 0 radical (unpaired) electrons. The summed E-state index contributed by atoms with van der Waals surface area (Å²) < 4.78 is 2.04. The average molecular weight is 283 g/mol. The number of aromatic nitrogens is 3. The SMILES string of the molecule is CC(C)C(Sc1ccccc1)n1nnc2ccccc21. The molecule has 3 aromatic rings. The summed E-state index contributed by atoms with van der Waals surface area (Å²) in [5, 5.41) is 8.86. The molecule has 1 atom stereocenters. The Labute approximate surface area is 123 Å². The zero-order chi connectivity index (χ0) is 13.9. The highest BCUT2D eigenvalue weighted by molar-refractivity contribution is 7.99. The first-order valence-corrected chi connectivity index (χ1v) is 7.65. The van der Waals surface area contributed by atoms with Crippen molar-refractivity contribution in [2.75, 3.05) is 0 Å². The molecule has 0 N–H and O–H groups in total. The normalized spacial score (nSPS) is 12.9. The fourth-order valence-corrected chi connectivity index (χ4v) is 3.30. The Hall–Kier alpha value is -1.81. The number of hydrogen-bond donors (Lipinski definition) is 0. The van der Waals surface area contributed by atoms with Crippen molar-refractivity contribution in [3.63, 3.8) is 0 Å². The lowest BCUT2D eigenvalue weighted by atomic mass is 10.2. The third kappa shape index (κ3) is 2.56. The van der Waals surface area contributed by atoms with Gasteiger partial charge in [0.25, 0.3) is 0 Å². The van der Waals surface area contributed by atoms with E-state index in [1.54, 1.807) is 0 Å². The molecule has 0 fully saturated rings. The minimum absolute atomic E-state index is 0.241. The van der Waals surface area contributed by atoms with Crippen LogP contribution >= 0.6 is 11.8 Å². The van der Waals surface area contributed by atoms with Gasteiger partial charge in [-0.3, -0.25) is 0 Å². The van der Waals surface area contributed by atoms with Crippen molar-refractivity contribution >= 4 is 22.8 Å². The van der Waals surface area contributed by atoms with Gasteiger partial charge in [-0.25, -0.2) is 4.68 Å². The maximum atomic E-state index is 4.36. The molecule has 0 aliphatic rings. The Bertz CT molecular complexity index is 691. The van der Waals surface area contributed by atoms with Crippen molar-refractivity contribution in [2.45, 2.75) is 24.1 Å². The van der Waals surface area contributed by atoms with Crippen LogP contribution in [0.5, 0.6) is 0 Å². The minimum Gasteiger partial charge on any atom is -0.231 e. The quantitative estimate of drug-likeness (QED) is 0.666. The van der Waals surface area contributed by atoms with E-state index in [0.29, 0.717) is 5.92 Å². The van der Waals surface area contributed by atoms with Crippen LogP contribution < -0.4 is 0 Å². The number of fused-ring (bicyclic) bond motifs is 1. The van der Waals surface area contributed by atoms with Crippen molar-refractivity contribution in [3.8, 4) is 0 Å². The summed E-state index contributed by atoms with van der Waals surface area (Å²) in [4.78, 5) is 1.26. The topological polar surface area (TPSA) is 30.7 Å². The molecule has 3 nitrogen and oxygen atoms in total. The summed E-state index contributed by atoms with van der Waals surface area (Å²) in [5.41, 5.74) is 2.04. The highest BCUT2D eigenvalue weighted by Crippen LogP contribution is 2.37. The number of nitrogens with zero attached hydrogens (tertiary/aromatic N) is 3. The van der Waals surface area contributed by atoms with Gasteiger partial charge in [-0.2, -0.15) is 0 Å². The van der Waals surface area contributed by atoms with Gasteiger partial charge < -0.3 is 0 Å². The standard InChI is InChI=1S/C16H17N3S/c1-12(2)16(20-13-8-4-3-5-9-13)19-15-11-7-6-10-14(15)17-18-19/h3-12,16H,1-2H3. The van der Waals surface area contributed by atoms with Crippen LogP contribution in [0.15, 0.2) is 59.5 Å². The van der Waals surface area contributed by atoms with E-state index in [4.69, 9.17) is 0 Å². The fourth-order valence-electron chi connectivity index (χ4n) is 2.18. The van der Waals surface area contributed by atoms with Gasteiger partial charge in [0.2, 0.25) is 0 Å². The van der Waals surface area contributed by atoms with E-state index in [1.165, 1.54) is 4.90 Å². The summed E-state index contributed by atoms with van der Waals surface area (Å²) in [6.07, 6.45) is 0. The number of thioether (sulfide) groups is 1. The van der Waals surface area contributed by atoms with Crippen molar-refractivity contribution in [1.29, 1.82) is 0 Å². The summed E-state index contributed by atoms with van der Waals surface area (Å²) >= 11 is 1.83. The Morgan fingerprint density at radius 2 is 1.65 bits per heavy atom. The molecular formula is C16H17N3S. The highest BCUT2D eigenvalue weighted by Gasteiger charge is 2.20.